The standard InChI is InChI=1S/C17H17BrN2/c1-11-8-12(2)17(13(3)9-11)16(10-19)20-15-7-5-4-6-14(15)18/h4-9,16,20H,1-3H3. The van der Waals surface area contributed by atoms with E-state index in [0.29, 0.717) is 0 Å². The highest BCUT2D eigenvalue weighted by Crippen LogP contribution is 2.29. The quantitative estimate of drug-likeness (QED) is 0.855. The van der Waals surface area contributed by atoms with Crippen molar-refractivity contribution in [1.82, 2.24) is 0 Å². The van der Waals surface area contributed by atoms with Crippen molar-refractivity contribution in [2.24, 2.45) is 0 Å². The van der Waals surface area contributed by atoms with Gasteiger partial charge >= 0.3 is 0 Å². The number of nitriles is 1. The van der Waals surface area contributed by atoms with E-state index >= 15 is 0 Å². The smallest absolute Gasteiger partial charge is 0.140 e. The molecule has 2 aromatic rings. The number of nitrogens with one attached hydrogen (secondary N) is 1. The minimum atomic E-state index is -0.353. The van der Waals surface area contributed by atoms with Crippen molar-refractivity contribution >= 4 is 21.6 Å². The Kier molecular flexibility index (Phi) is 4.46. The van der Waals surface area contributed by atoms with E-state index in [9.17, 15) is 5.26 Å². The average molecular weight is 329 g/mol. The zero-order valence-corrected chi connectivity index (χ0v) is 13.5. The number of halogens is 1. The van der Waals surface area contributed by atoms with E-state index in [2.05, 4.69) is 60.2 Å². The Bertz CT molecular complexity index is 648. The molecule has 102 valence electrons. The first-order chi connectivity index (χ1) is 9.52. The van der Waals surface area contributed by atoms with Gasteiger partial charge in [0.25, 0.3) is 0 Å². The molecule has 0 aromatic heterocycles. The van der Waals surface area contributed by atoms with Crippen LogP contribution in [-0.2, 0) is 0 Å². The lowest BCUT2D eigenvalue weighted by molar-refractivity contribution is 0.961. The summed E-state index contributed by atoms with van der Waals surface area (Å²) in [6, 6.07) is 14.1. The normalized spacial score (nSPS) is 11.8. The van der Waals surface area contributed by atoms with Crippen LogP contribution in [0.5, 0.6) is 0 Å². The molecule has 0 bridgehead atoms. The number of rotatable bonds is 3. The van der Waals surface area contributed by atoms with E-state index < -0.39 is 0 Å². The fourth-order valence-electron chi connectivity index (χ4n) is 2.55. The molecule has 0 amide bonds. The first-order valence-electron chi connectivity index (χ1n) is 6.51. The summed E-state index contributed by atoms with van der Waals surface area (Å²) in [5.41, 5.74) is 5.51. The molecule has 2 aromatic carbocycles. The largest absolute Gasteiger partial charge is 0.365 e. The van der Waals surface area contributed by atoms with Crippen molar-refractivity contribution in [2.45, 2.75) is 26.8 Å². The highest BCUT2D eigenvalue weighted by Gasteiger charge is 2.16. The molecule has 3 heteroatoms. The van der Waals surface area contributed by atoms with E-state index in [1.165, 1.54) is 5.56 Å². The predicted octanol–water partition coefficient (Wildman–Crippen LogP) is 5.05. The van der Waals surface area contributed by atoms with Crippen LogP contribution in [0.3, 0.4) is 0 Å². The molecular weight excluding hydrogens is 312 g/mol. The van der Waals surface area contributed by atoms with Gasteiger partial charge in [-0.25, -0.2) is 0 Å². The van der Waals surface area contributed by atoms with Gasteiger partial charge < -0.3 is 5.32 Å². The van der Waals surface area contributed by atoms with Crippen molar-refractivity contribution < 1.29 is 0 Å². The van der Waals surface area contributed by atoms with Gasteiger partial charge in [0.05, 0.1) is 6.07 Å². The third-order valence-corrected chi connectivity index (χ3v) is 4.02. The summed E-state index contributed by atoms with van der Waals surface area (Å²) in [6.07, 6.45) is 0. The Morgan fingerprint density at radius 2 is 1.70 bits per heavy atom. The van der Waals surface area contributed by atoms with Crippen LogP contribution in [0.1, 0.15) is 28.3 Å². The molecule has 2 nitrogen and oxygen atoms in total. The summed E-state index contributed by atoms with van der Waals surface area (Å²) >= 11 is 3.50. The maximum atomic E-state index is 9.52. The molecule has 0 saturated carbocycles. The molecule has 0 aliphatic heterocycles. The average Bonchev–Trinajstić information content (AvgIpc) is 2.38. The lowest BCUT2D eigenvalue weighted by Gasteiger charge is -2.19. The summed E-state index contributed by atoms with van der Waals surface area (Å²) in [6.45, 7) is 6.19. The molecule has 0 heterocycles. The lowest BCUT2D eigenvalue weighted by atomic mass is 9.94. The van der Waals surface area contributed by atoms with Crippen molar-refractivity contribution in [3.8, 4) is 6.07 Å². The van der Waals surface area contributed by atoms with E-state index in [-0.39, 0.29) is 6.04 Å². The third-order valence-electron chi connectivity index (χ3n) is 3.33. The fourth-order valence-corrected chi connectivity index (χ4v) is 2.95. The van der Waals surface area contributed by atoms with Gasteiger partial charge in [-0.05, 0) is 65.5 Å². The summed E-state index contributed by atoms with van der Waals surface area (Å²) in [4.78, 5) is 0. The van der Waals surface area contributed by atoms with Gasteiger partial charge in [0.15, 0.2) is 0 Å². The van der Waals surface area contributed by atoms with Crippen molar-refractivity contribution in [3.05, 3.63) is 63.1 Å². The Morgan fingerprint density at radius 3 is 2.25 bits per heavy atom. The maximum absolute atomic E-state index is 9.52. The van der Waals surface area contributed by atoms with E-state index in [1.807, 2.05) is 24.3 Å². The van der Waals surface area contributed by atoms with Gasteiger partial charge in [-0.2, -0.15) is 5.26 Å². The van der Waals surface area contributed by atoms with Gasteiger partial charge in [-0.3, -0.25) is 0 Å². The number of benzene rings is 2. The van der Waals surface area contributed by atoms with Crippen molar-refractivity contribution in [2.75, 3.05) is 5.32 Å². The molecule has 1 unspecified atom stereocenters. The lowest BCUT2D eigenvalue weighted by Crippen LogP contribution is -2.12. The zero-order valence-electron chi connectivity index (χ0n) is 11.9. The highest BCUT2D eigenvalue weighted by molar-refractivity contribution is 9.10. The number of hydrogen-bond acceptors (Lipinski definition) is 2. The SMILES string of the molecule is Cc1cc(C)c(C(C#N)Nc2ccccc2Br)c(C)c1. The number of hydrogen-bond donors (Lipinski definition) is 1. The first kappa shape index (κ1) is 14.6. The Labute approximate surface area is 128 Å². The minimum absolute atomic E-state index is 0.353. The van der Waals surface area contributed by atoms with Crippen LogP contribution in [0.25, 0.3) is 0 Å². The van der Waals surface area contributed by atoms with Crippen molar-refractivity contribution in [1.29, 1.82) is 5.26 Å². The Hall–Kier alpha value is -1.79. The van der Waals surface area contributed by atoms with Crippen LogP contribution < -0.4 is 5.32 Å². The number of para-hydroxylation sites is 1. The monoisotopic (exact) mass is 328 g/mol. The van der Waals surface area contributed by atoms with Crippen molar-refractivity contribution in [3.63, 3.8) is 0 Å². The Morgan fingerprint density at radius 1 is 1.10 bits per heavy atom. The molecule has 20 heavy (non-hydrogen) atoms. The highest BCUT2D eigenvalue weighted by atomic mass is 79.9. The van der Waals surface area contributed by atoms with E-state index in [4.69, 9.17) is 0 Å². The number of aryl methyl sites for hydroxylation is 3. The van der Waals surface area contributed by atoms with Gasteiger partial charge in [0.1, 0.15) is 6.04 Å². The molecule has 1 atom stereocenters. The molecular formula is C17H17BrN2. The topological polar surface area (TPSA) is 35.8 Å². The van der Waals surface area contributed by atoms with E-state index in [0.717, 1.165) is 26.9 Å². The van der Waals surface area contributed by atoms with Gasteiger partial charge in [0.2, 0.25) is 0 Å². The summed E-state index contributed by atoms with van der Waals surface area (Å²) in [5.74, 6) is 0. The van der Waals surface area contributed by atoms with Crippen LogP contribution >= 0.6 is 15.9 Å². The number of anilines is 1. The predicted molar refractivity (Wildman–Crippen MR) is 86.8 cm³/mol. The van der Waals surface area contributed by atoms with E-state index in [1.54, 1.807) is 0 Å². The van der Waals surface area contributed by atoms with Crippen LogP contribution in [0.4, 0.5) is 5.69 Å². The molecule has 0 fully saturated rings. The molecule has 1 N–H and O–H groups in total. The minimum Gasteiger partial charge on any atom is -0.365 e. The summed E-state index contributed by atoms with van der Waals surface area (Å²) < 4.78 is 0.961. The molecule has 0 aliphatic carbocycles. The van der Waals surface area contributed by atoms with Gasteiger partial charge in [-0.15, -0.1) is 0 Å². The second-order valence-electron chi connectivity index (χ2n) is 5.00. The second-order valence-corrected chi connectivity index (χ2v) is 5.85. The summed E-state index contributed by atoms with van der Waals surface area (Å²) in [5, 5.41) is 12.8. The maximum Gasteiger partial charge on any atom is 0.140 e. The first-order valence-corrected chi connectivity index (χ1v) is 7.30. The molecule has 2 rings (SSSR count). The molecule has 0 spiro atoms. The summed E-state index contributed by atoms with van der Waals surface area (Å²) in [7, 11) is 0. The Balaban J connectivity index is 2.40. The molecule has 0 aliphatic rings. The second kappa shape index (κ2) is 6.11. The van der Waals surface area contributed by atoms with Gasteiger partial charge in [-0.1, -0.05) is 29.8 Å². The van der Waals surface area contributed by atoms with Gasteiger partial charge in [0, 0.05) is 10.2 Å². The van der Waals surface area contributed by atoms with Crippen LogP contribution in [-0.4, -0.2) is 0 Å². The number of nitrogens with zero attached hydrogens (tertiary/aromatic N) is 1. The molecule has 0 radical (unpaired) electrons. The van der Waals surface area contributed by atoms with Crippen LogP contribution in [0, 0.1) is 32.1 Å². The molecule has 0 saturated heterocycles. The van der Waals surface area contributed by atoms with Crippen LogP contribution in [0.15, 0.2) is 40.9 Å². The zero-order chi connectivity index (χ0) is 14.7. The van der Waals surface area contributed by atoms with Crippen LogP contribution in [0.2, 0.25) is 0 Å². The third kappa shape index (κ3) is 3.02. The fraction of sp³-hybridized carbons (Fsp3) is 0.235.